The summed E-state index contributed by atoms with van der Waals surface area (Å²) in [7, 11) is 0. The van der Waals surface area contributed by atoms with Crippen LogP contribution in [0.4, 0.5) is 0 Å². The van der Waals surface area contributed by atoms with Gasteiger partial charge in [0.15, 0.2) is 0 Å². The van der Waals surface area contributed by atoms with Crippen molar-refractivity contribution in [2.45, 2.75) is 85.6 Å². The zero-order valence-electron chi connectivity index (χ0n) is 13.3. The average Bonchev–Trinajstić information content (AvgIpc) is 2.73. The van der Waals surface area contributed by atoms with E-state index in [1.807, 2.05) is 4.68 Å². The smallest absolute Gasteiger partial charge is 0.0827 e. The zero-order chi connectivity index (χ0) is 14.1. The van der Waals surface area contributed by atoms with E-state index >= 15 is 0 Å². The van der Waals surface area contributed by atoms with Crippen LogP contribution < -0.4 is 0 Å². The maximum Gasteiger partial charge on any atom is 0.0827 e. The Morgan fingerprint density at radius 2 is 1.63 bits per heavy atom. The molecule has 0 aromatic carbocycles. The lowest BCUT2D eigenvalue weighted by Crippen LogP contribution is -2.15. The molecule has 1 heterocycles. The number of aromatic nitrogens is 3. The van der Waals surface area contributed by atoms with Gasteiger partial charge in [-0.15, -0.1) is 5.10 Å². The van der Waals surface area contributed by atoms with Crippen molar-refractivity contribution in [3.63, 3.8) is 0 Å². The lowest BCUT2D eigenvalue weighted by atomic mass is 9.97. The maximum absolute atomic E-state index is 4.26. The van der Waals surface area contributed by atoms with E-state index in [2.05, 4.69) is 44.2 Å². The van der Waals surface area contributed by atoms with E-state index in [1.165, 1.54) is 44.9 Å². The van der Waals surface area contributed by atoms with Crippen molar-refractivity contribution >= 4 is 0 Å². The molecule has 0 N–H and O–H groups in total. The molecule has 0 aliphatic heterocycles. The summed E-state index contributed by atoms with van der Waals surface area (Å²) in [6, 6.07) is 0. The van der Waals surface area contributed by atoms with Crippen molar-refractivity contribution in [2.75, 3.05) is 0 Å². The molecule has 0 fully saturated rings. The van der Waals surface area contributed by atoms with E-state index in [0.717, 1.165) is 18.7 Å². The van der Waals surface area contributed by atoms with Crippen LogP contribution in [0.1, 0.15) is 78.3 Å². The van der Waals surface area contributed by atoms with E-state index < -0.39 is 0 Å². The standard InChI is InChI=1S/C16H31N3/c1-5-6-7-8-9-10-11-12-15-13-19(18-17-15)14-16(2,3)4/h13H,5-12,14H2,1-4H3. The predicted octanol–water partition coefficient (Wildman–Crippen LogP) is 4.62. The minimum atomic E-state index is 0.268. The third-order valence-corrected chi connectivity index (χ3v) is 3.26. The monoisotopic (exact) mass is 265 g/mol. The van der Waals surface area contributed by atoms with Gasteiger partial charge in [-0.3, -0.25) is 4.68 Å². The van der Waals surface area contributed by atoms with Crippen LogP contribution in [0.5, 0.6) is 0 Å². The zero-order valence-corrected chi connectivity index (χ0v) is 13.3. The van der Waals surface area contributed by atoms with Crippen LogP contribution in [0.25, 0.3) is 0 Å². The Kier molecular flexibility index (Phi) is 7.11. The van der Waals surface area contributed by atoms with Crippen LogP contribution in [-0.2, 0) is 13.0 Å². The fourth-order valence-corrected chi connectivity index (χ4v) is 2.28. The quantitative estimate of drug-likeness (QED) is 0.610. The molecular weight excluding hydrogens is 234 g/mol. The second-order valence-electron chi connectivity index (χ2n) is 6.84. The minimum absolute atomic E-state index is 0.268. The number of nitrogens with zero attached hydrogens (tertiary/aromatic N) is 3. The molecule has 110 valence electrons. The van der Waals surface area contributed by atoms with Crippen molar-refractivity contribution in [2.24, 2.45) is 5.41 Å². The Bertz CT molecular complexity index is 336. The summed E-state index contributed by atoms with van der Waals surface area (Å²) < 4.78 is 1.98. The average molecular weight is 265 g/mol. The minimum Gasteiger partial charge on any atom is -0.252 e. The highest BCUT2D eigenvalue weighted by Gasteiger charge is 2.12. The molecule has 0 bridgehead atoms. The van der Waals surface area contributed by atoms with Gasteiger partial charge in [0, 0.05) is 12.7 Å². The summed E-state index contributed by atoms with van der Waals surface area (Å²) in [6.45, 7) is 9.89. The van der Waals surface area contributed by atoms with Crippen LogP contribution in [0.3, 0.4) is 0 Å². The number of rotatable bonds is 9. The van der Waals surface area contributed by atoms with E-state index in [0.29, 0.717) is 0 Å². The Hall–Kier alpha value is -0.860. The van der Waals surface area contributed by atoms with E-state index in [4.69, 9.17) is 0 Å². The number of unbranched alkanes of at least 4 members (excludes halogenated alkanes) is 6. The first-order chi connectivity index (χ1) is 9.01. The summed E-state index contributed by atoms with van der Waals surface area (Å²) in [5, 5.41) is 8.47. The Morgan fingerprint density at radius 1 is 1.00 bits per heavy atom. The molecule has 3 heteroatoms. The summed E-state index contributed by atoms with van der Waals surface area (Å²) >= 11 is 0. The molecule has 1 aromatic heterocycles. The first-order valence-electron chi connectivity index (χ1n) is 7.90. The molecule has 1 rings (SSSR count). The molecule has 1 aromatic rings. The van der Waals surface area contributed by atoms with Crippen molar-refractivity contribution in [3.05, 3.63) is 11.9 Å². The van der Waals surface area contributed by atoms with Gasteiger partial charge in [0.2, 0.25) is 0 Å². The molecule has 19 heavy (non-hydrogen) atoms. The normalized spacial score (nSPS) is 12.0. The molecule has 0 aliphatic carbocycles. The summed E-state index contributed by atoms with van der Waals surface area (Å²) in [4.78, 5) is 0. The third kappa shape index (κ3) is 8.02. The number of aryl methyl sites for hydroxylation is 1. The summed E-state index contributed by atoms with van der Waals surface area (Å²) in [5.74, 6) is 0. The molecular formula is C16H31N3. The first kappa shape index (κ1) is 16.2. The van der Waals surface area contributed by atoms with Crippen LogP contribution >= 0.6 is 0 Å². The second kappa shape index (κ2) is 8.34. The van der Waals surface area contributed by atoms with Crippen LogP contribution in [0.15, 0.2) is 6.20 Å². The van der Waals surface area contributed by atoms with E-state index in [9.17, 15) is 0 Å². The Labute approximate surface area is 118 Å². The highest BCUT2D eigenvalue weighted by atomic mass is 15.4. The van der Waals surface area contributed by atoms with E-state index in [-0.39, 0.29) is 5.41 Å². The van der Waals surface area contributed by atoms with Gasteiger partial charge in [-0.1, -0.05) is 71.4 Å². The van der Waals surface area contributed by atoms with Gasteiger partial charge < -0.3 is 0 Å². The van der Waals surface area contributed by atoms with Crippen molar-refractivity contribution in [1.29, 1.82) is 0 Å². The van der Waals surface area contributed by atoms with Gasteiger partial charge >= 0.3 is 0 Å². The van der Waals surface area contributed by atoms with Gasteiger partial charge in [0.05, 0.1) is 5.69 Å². The van der Waals surface area contributed by atoms with Crippen molar-refractivity contribution < 1.29 is 0 Å². The predicted molar refractivity (Wildman–Crippen MR) is 81.2 cm³/mol. The van der Waals surface area contributed by atoms with Crippen molar-refractivity contribution in [1.82, 2.24) is 15.0 Å². The molecule has 0 aliphatic rings. The molecule has 0 amide bonds. The SMILES string of the molecule is CCCCCCCCCc1cn(CC(C)(C)C)nn1. The van der Waals surface area contributed by atoms with Crippen LogP contribution in [0.2, 0.25) is 0 Å². The van der Waals surface area contributed by atoms with Gasteiger partial charge in [-0.25, -0.2) is 0 Å². The molecule has 0 atom stereocenters. The third-order valence-electron chi connectivity index (χ3n) is 3.26. The van der Waals surface area contributed by atoms with E-state index in [1.54, 1.807) is 0 Å². The lowest BCUT2D eigenvalue weighted by molar-refractivity contribution is 0.321. The highest BCUT2D eigenvalue weighted by molar-refractivity contribution is 4.92. The molecule has 0 radical (unpaired) electrons. The van der Waals surface area contributed by atoms with Gasteiger partial charge in [-0.05, 0) is 18.3 Å². The number of hydrogen-bond acceptors (Lipinski definition) is 2. The molecule has 3 nitrogen and oxygen atoms in total. The topological polar surface area (TPSA) is 30.7 Å². The Morgan fingerprint density at radius 3 is 2.26 bits per heavy atom. The summed E-state index contributed by atoms with van der Waals surface area (Å²) in [5.41, 5.74) is 1.42. The van der Waals surface area contributed by atoms with Gasteiger partial charge in [0.1, 0.15) is 0 Å². The highest BCUT2D eigenvalue weighted by Crippen LogP contribution is 2.16. The summed E-state index contributed by atoms with van der Waals surface area (Å²) in [6.07, 6.45) is 12.7. The molecule has 0 spiro atoms. The largest absolute Gasteiger partial charge is 0.252 e. The van der Waals surface area contributed by atoms with Crippen LogP contribution in [0, 0.1) is 5.41 Å². The molecule has 0 saturated carbocycles. The molecule has 0 unspecified atom stereocenters. The maximum atomic E-state index is 4.26. The molecule has 0 saturated heterocycles. The first-order valence-corrected chi connectivity index (χ1v) is 7.90. The Balaban J connectivity index is 2.13. The fraction of sp³-hybridized carbons (Fsp3) is 0.875. The van der Waals surface area contributed by atoms with Gasteiger partial charge in [-0.2, -0.15) is 0 Å². The van der Waals surface area contributed by atoms with Crippen molar-refractivity contribution in [3.8, 4) is 0 Å². The second-order valence-corrected chi connectivity index (χ2v) is 6.84. The number of hydrogen-bond donors (Lipinski definition) is 0. The fourth-order valence-electron chi connectivity index (χ4n) is 2.28. The van der Waals surface area contributed by atoms with Gasteiger partial charge in [0.25, 0.3) is 0 Å². The lowest BCUT2D eigenvalue weighted by Gasteiger charge is -2.16. The van der Waals surface area contributed by atoms with Crippen LogP contribution in [-0.4, -0.2) is 15.0 Å².